The Labute approximate surface area is 129 Å². The van der Waals surface area contributed by atoms with Crippen molar-refractivity contribution in [2.45, 2.75) is 18.9 Å². The molecular weight excluding hydrogens is 288 g/mol. The van der Waals surface area contributed by atoms with Crippen LogP contribution in [-0.4, -0.2) is 61.0 Å². The van der Waals surface area contributed by atoms with Gasteiger partial charge in [-0.1, -0.05) is 13.0 Å². The summed E-state index contributed by atoms with van der Waals surface area (Å²) in [7, 11) is 0. The molecule has 4 nitrogen and oxygen atoms in total. The molecule has 2 atom stereocenters. The summed E-state index contributed by atoms with van der Waals surface area (Å²) in [6, 6.07) is 3.88. The second kappa shape index (κ2) is 6.30. The highest BCUT2D eigenvalue weighted by molar-refractivity contribution is 5.83. The third-order valence-electron chi connectivity index (χ3n) is 4.62. The van der Waals surface area contributed by atoms with Crippen molar-refractivity contribution in [3.8, 4) is 0 Å². The number of amides is 1. The SMILES string of the molecule is CC(CN1CCN2CCNC[C@@H]2C1=O)c1ccc(F)c(F)c1. The number of fused-ring (bicyclic) bond motifs is 1. The molecule has 3 rings (SSSR count). The van der Waals surface area contributed by atoms with E-state index >= 15 is 0 Å². The summed E-state index contributed by atoms with van der Waals surface area (Å²) in [4.78, 5) is 16.6. The van der Waals surface area contributed by atoms with Crippen LogP contribution in [0.2, 0.25) is 0 Å². The number of carbonyl (C=O) groups excluding carboxylic acids is 1. The molecule has 0 aromatic heterocycles. The van der Waals surface area contributed by atoms with Crippen molar-refractivity contribution >= 4 is 5.91 Å². The minimum atomic E-state index is -0.839. The van der Waals surface area contributed by atoms with Crippen LogP contribution in [-0.2, 0) is 4.79 Å². The number of benzene rings is 1. The van der Waals surface area contributed by atoms with E-state index in [4.69, 9.17) is 0 Å². The molecule has 1 unspecified atom stereocenters. The highest BCUT2D eigenvalue weighted by Gasteiger charge is 2.36. The van der Waals surface area contributed by atoms with Gasteiger partial charge in [-0.05, 0) is 23.6 Å². The molecule has 0 aliphatic carbocycles. The minimum Gasteiger partial charge on any atom is -0.339 e. The van der Waals surface area contributed by atoms with Gasteiger partial charge in [0.1, 0.15) is 6.04 Å². The van der Waals surface area contributed by atoms with Crippen LogP contribution < -0.4 is 5.32 Å². The number of nitrogens with zero attached hydrogens (tertiary/aromatic N) is 2. The molecule has 1 amide bonds. The van der Waals surface area contributed by atoms with Crippen LogP contribution >= 0.6 is 0 Å². The first-order chi connectivity index (χ1) is 10.6. The molecule has 1 aromatic carbocycles. The minimum absolute atomic E-state index is 0.0258. The van der Waals surface area contributed by atoms with Crippen LogP contribution in [0, 0.1) is 11.6 Å². The lowest BCUT2D eigenvalue weighted by Crippen LogP contribution is -2.64. The summed E-state index contributed by atoms with van der Waals surface area (Å²) in [6.07, 6.45) is 0. The summed E-state index contributed by atoms with van der Waals surface area (Å²) in [5.74, 6) is -1.57. The molecule has 0 bridgehead atoms. The lowest BCUT2D eigenvalue weighted by atomic mass is 9.99. The number of piperazine rings is 2. The van der Waals surface area contributed by atoms with Gasteiger partial charge in [0.2, 0.25) is 5.91 Å². The van der Waals surface area contributed by atoms with E-state index in [0.29, 0.717) is 19.6 Å². The summed E-state index contributed by atoms with van der Waals surface area (Å²) in [5.41, 5.74) is 0.718. The van der Waals surface area contributed by atoms with E-state index in [1.54, 1.807) is 6.07 Å². The predicted molar refractivity (Wildman–Crippen MR) is 79.6 cm³/mol. The summed E-state index contributed by atoms with van der Waals surface area (Å²) in [5, 5.41) is 3.25. The smallest absolute Gasteiger partial charge is 0.241 e. The van der Waals surface area contributed by atoms with Crippen molar-refractivity contribution in [2.75, 3.05) is 39.3 Å². The standard InChI is InChI=1S/C16H21F2N3O/c1-11(12-2-3-13(17)14(18)8-12)10-21-7-6-20-5-4-19-9-15(20)16(21)22/h2-3,8,11,15,19H,4-7,9-10H2,1H3/t11?,15-/m1/s1. The van der Waals surface area contributed by atoms with Crippen LogP contribution in [0.1, 0.15) is 18.4 Å². The molecule has 0 saturated carbocycles. The van der Waals surface area contributed by atoms with E-state index in [-0.39, 0.29) is 17.9 Å². The maximum absolute atomic E-state index is 13.3. The maximum Gasteiger partial charge on any atom is 0.241 e. The molecule has 1 aromatic rings. The number of halogens is 2. The summed E-state index contributed by atoms with van der Waals surface area (Å²) >= 11 is 0. The van der Waals surface area contributed by atoms with Crippen molar-refractivity contribution in [1.82, 2.24) is 15.1 Å². The maximum atomic E-state index is 13.3. The zero-order valence-corrected chi connectivity index (χ0v) is 12.7. The lowest BCUT2D eigenvalue weighted by Gasteiger charge is -2.43. The highest BCUT2D eigenvalue weighted by Crippen LogP contribution is 2.21. The molecule has 120 valence electrons. The normalized spacial score (nSPS) is 24.2. The van der Waals surface area contributed by atoms with Crippen LogP contribution in [0.15, 0.2) is 18.2 Å². The van der Waals surface area contributed by atoms with Gasteiger partial charge in [-0.25, -0.2) is 8.78 Å². The molecule has 2 aliphatic heterocycles. The summed E-state index contributed by atoms with van der Waals surface area (Å²) < 4.78 is 26.4. The molecule has 0 radical (unpaired) electrons. The molecule has 2 saturated heterocycles. The second-order valence-electron chi connectivity index (χ2n) is 6.11. The fraction of sp³-hybridized carbons (Fsp3) is 0.562. The van der Waals surface area contributed by atoms with Gasteiger partial charge in [-0.2, -0.15) is 0 Å². The van der Waals surface area contributed by atoms with Crippen molar-refractivity contribution in [3.63, 3.8) is 0 Å². The van der Waals surface area contributed by atoms with Gasteiger partial charge in [0.05, 0.1) is 0 Å². The van der Waals surface area contributed by atoms with E-state index in [9.17, 15) is 13.6 Å². The zero-order chi connectivity index (χ0) is 15.7. The zero-order valence-electron chi connectivity index (χ0n) is 12.7. The van der Waals surface area contributed by atoms with Crippen LogP contribution in [0.25, 0.3) is 0 Å². The molecule has 2 fully saturated rings. The largest absolute Gasteiger partial charge is 0.339 e. The molecule has 2 heterocycles. The van der Waals surface area contributed by atoms with Gasteiger partial charge < -0.3 is 10.2 Å². The van der Waals surface area contributed by atoms with Crippen molar-refractivity contribution in [2.24, 2.45) is 0 Å². The van der Waals surface area contributed by atoms with Gasteiger partial charge in [-0.15, -0.1) is 0 Å². The van der Waals surface area contributed by atoms with E-state index in [2.05, 4.69) is 10.2 Å². The fourth-order valence-corrected chi connectivity index (χ4v) is 3.26. The Morgan fingerprint density at radius 2 is 2.09 bits per heavy atom. The molecule has 2 aliphatic rings. The van der Waals surface area contributed by atoms with Crippen molar-refractivity contribution in [3.05, 3.63) is 35.4 Å². The fourth-order valence-electron chi connectivity index (χ4n) is 3.26. The van der Waals surface area contributed by atoms with Crippen LogP contribution in [0.5, 0.6) is 0 Å². The van der Waals surface area contributed by atoms with E-state index in [1.807, 2.05) is 11.8 Å². The Bertz CT molecular complexity index is 566. The Balaban J connectivity index is 1.67. The van der Waals surface area contributed by atoms with Gasteiger partial charge in [0.25, 0.3) is 0 Å². The van der Waals surface area contributed by atoms with Crippen LogP contribution in [0.4, 0.5) is 8.78 Å². The van der Waals surface area contributed by atoms with Crippen LogP contribution in [0.3, 0.4) is 0 Å². The first kappa shape index (κ1) is 15.4. The third-order valence-corrected chi connectivity index (χ3v) is 4.62. The summed E-state index contributed by atoms with van der Waals surface area (Å²) in [6.45, 7) is 6.57. The molecule has 1 N–H and O–H groups in total. The predicted octanol–water partition coefficient (Wildman–Crippen LogP) is 1.18. The molecule has 6 heteroatoms. The quantitative estimate of drug-likeness (QED) is 0.911. The third kappa shape index (κ3) is 2.98. The second-order valence-corrected chi connectivity index (χ2v) is 6.11. The van der Waals surface area contributed by atoms with Gasteiger partial charge >= 0.3 is 0 Å². The topological polar surface area (TPSA) is 35.6 Å². The number of hydrogen-bond donors (Lipinski definition) is 1. The van der Waals surface area contributed by atoms with E-state index in [1.165, 1.54) is 6.07 Å². The molecule has 22 heavy (non-hydrogen) atoms. The first-order valence-electron chi connectivity index (χ1n) is 7.75. The Morgan fingerprint density at radius 3 is 2.86 bits per heavy atom. The Kier molecular flexibility index (Phi) is 4.40. The van der Waals surface area contributed by atoms with Gasteiger partial charge in [0.15, 0.2) is 11.6 Å². The number of rotatable bonds is 3. The number of hydrogen-bond acceptors (Lipinski definition) is 3. The Hall–Kier alpha value is -1.53. The van der Waals surface area contributed by atoms with Crippen molar-refractivity contribution < 1.29 is 13.6 Å². The molecule has 0 spiro atoms. The Morgan fingerprint density at radius 1 is 1.27 bits per heavy atom. The first-order valence-corrected chi connectivity index (χ1v) is 7.75. The van der Waals surface area contributed by atoms with E-state index < -0.39 is 11.6 Å². The monoisotopic (exact) mass is 309 g/mol. The average molecular weight is 309 g/mol. The highest BCUT2D eigenvalue weighted by atomic mass is 19.2. The number of carbonyl (C=O) groups is 1. The number of nitrogens with one attached hydrogen (secondary N) is 1. The van der Waals surface area contributed by atoms with Crippen molar-refractivity contribution in [1.29, 1.82) is 0 Å². The van der Waals surface area contributed by atoms with Gasteiger partial charge in [-0.3, -0.25) is 9.69 Å². The molecular formula is C16H21F2N3O. The van der Waals surface area contributed by atoms with Gasteiger partial charge in [0, 0.05) is 39.3 Å². The lowest BCUT2D eigenvalue weighted by molar-refractivity contribution is -0.142. The average Bonchev–Trinajstić information content (AvgIpc) is 2.53. The van der Waals surface area contributed by atoms with E-state index in [0.717, 1.165) is 31.3 Å².